The van der Waals surface area contributed by atoms with Crippen molar-refractivity contribution in [2.24, 2.45) is 5.10 Å². The third-order valence-corrected chi connectivity index (χ3v) is 3.52. The summed E-state index contributed by atoms with van der Waals surface area (Å²) < 4.78 is 17.9. The number of halogens is 1. The molecule has 0 spiro atoms. The number of ether oxygens (including phenoxy) is 1. The molecule has 0 aromatic heterocycles. The number of carbonyl (C=O) groups is 2. The van der Waals surface area contributed by atoms with Gasteiger partial charge >= 0.3 is 0 Å². The summed E-state index contributed by atoms with van der Waals surface area (Å²) in [6, 6.07) is 12.5. The Morgan fingerprint density at radius 1 is 1.08 bits per heavy atom. The Kier molecular flexibility index (Phi) is 6.84. The number of methoxy groups -OCH3 is 1. The number of benzene rings is 2. The minimum absolute atomic E-state index is 0.0457. The normalized spacial score (nSPS) is 11.0. The molecule has 26 heavy (non-hydrogen) atoms. The van der Waals surface area contributed by atoms with Crippen LogP contribution in [0.3, 0.4) is 0 Å². The van der Waals surface area contributed by atoms with Crippen LogP contribution in [0.25, 0.3) is 0 Å². The highest BCUT2D eigenvalue weighted by Crippen LogP contribution is 2.11. The smallest absolute Gasteiger partial charge is 0.271 e. The molecule has 2 N–H and O–H groups in total. The summed E-state index contributed by atoms with van der Waals surface area (Å²) in [5.74, 6) is -0.289. The third-order valence-electron chi connectivity index (χ3n) is 3.52. The fourth-order valence-electron chi connectivity index (χ4n) is 2.09. The zero-order valence-electron chi connectivity index (χ0n) is 14.6. The predicted molar refractivity (Wildman–Crippen MR) is 96.4 cm³/mol. The Balaban J connectivity index is 1.79. The second-order valence-corrected chi connectivity index (χ2v) is 5.60. The number of hydrazone groups is 1. The SMILES string of the molecule is COc1ccc(C(=O)N/N=C(/C)CC(=O)NCc2ccc(F)cc2)cc1. The van der Waals surface area contributed by atoms with Gasteiger partial charge in [0.05, 0.1) is 13.5 Å². The van der Waals surface area contributed by atoms with Crippen molar-refractivity contribution in [3.8, 4) is 5.75 Å². The standard InChI is InChI=1S/C19H20FN3O3/c1-13(11-18(24)21-12-14-3-7-16(20)8-4-14)22-23-19(25)15-5-9-17(26-2)10-6-15/h3-10H,11-12H2,1-2H3,(H,21,24)(H,23,25)/b22-13-. The van der Waals surface area contributed by atoms with Gasteiger partial charge in [0.25, 0.3) is 5.91 Å². The molecular formula is C19H20FN3O3. The molecule has 0 bridgehead atoms. The molecule has 2 amide bonds. The molecule has 136 valence electrons. The van der Waals surface area contributed by atoms with Crippen molar-refractivity contribution in [1.29, 1.82) is 0 Å². The minimum atomic E-state index is -0.376. The molecule has 0 atom stereocenters. The lowest BCUT2D eigenvalue weighted by Gasteiger charge is -2.06. The molecule has 7 heteroatoms. The quantitative estimate of drug-likeness (QED) is 0.591. The summed E-state index contributed by atoms with van der Waals surface area (Å²) in [5, 5.41) is 6.64. The van der Waals surface area contributed by atoms with Crippen LogP contribution in [0.1, 0.15) is 29.3 Å². The first-order chi connectivity index (χ1) is 12.5. The molecule has 0 aliphatic heterocycles. The maximum Gasteiger partial charge on any atom is 0.271 e. The van der Waals surface area contributed by atoms with Crippen LogP contribution >= 0.6 is 0 Å². The number of amides is 2. The highest BCUT2D eigenvalue weighted by atomic mass is 19.1. The summed E-state index contributed by atoms with van der Waals surface area (Å²) in [7, 11) is 1.55. The van der Waals surface area contributed by atoms with Crippen molar-refractivity contribution < 1.29 is 18.7 Å². The van der Waals surface area contributed by atoms with E-state index in [2.05, 4.69) is 15.8 Å². The van der Waals surface area contributed by atoms with Crippen LogP contribution in [0.2, 0.25) is 0 Å². The number of hydrogen-bond acceptors (Lipinski definition) is 4. The fourth-order valence-corrected chi connectivity index (χ4v) is 2.09. The number of hydrogen-bond donors (Lipinski definition) is 2. The van der Waals surface area contributed by atoms with E-state index in [1.54, 1.807) is 50.4 Å². The van der Waals surface area contributed by atoms with Gasteiger partial charge < -0.3 is 10.1 Å². The lowest BCUT2D eigenvalue weighted by atomic mass is 10.2. The van der Waals surface area contributed by atoms with Crippen molar-refractivity contribution in [2.45, 2.75) is 19.9 Å². The fraction of sp³-hybridized carbons (Fsp3) is 0.211. The minimum Gasteiger partial charge on any atom is -0.497 e. The van der Waals surface area contributed by atoms with E-state index in [1.807, 2.05) is 0 Å². The van der Waals surface area contributed by atoms with Gasteiger partial charge in [-0.25, -0.2) is 9.82 Å². The van der Waals surface area contributed by atoms with Crippen LogP contribution in [0.4, 0.5) is 4.39 Å². The van der Waals surface area contributed by atoms with E-state index in [0.717, 1.165) is 5.56 Å². The topological polar surface area (TPSA) is 79.8 Å². The van der Waals surface area contributed by atoms with Crippen molar-refractivity contribution in [1.82, 2.24) is 10.7 Å². The number of nitrogens with zero attached hydrogens (tertiary/aromatic N) is 1. The van der Waals surface area contributed by atoms with Crippen LogP contribution in [0.5, 0.6) is 5.75 Å². The monoisotopic (exact) mass is 357 g/mol. The predicted octanol–water partition coefficient (Wildman–Crippen LogP) is 2.65. The van der Waals surface area contributed by atoms with Crippen LogP contribution < -0.4 is 15.5 Å². The van der Waals surface area contributed by atoms with Gasteiger partial charge in [0.15, 0.2) is 0 Å². The maximum absolute atomic E-state index is 12.8. The number of carbonyl (C=O) groups excluding carboxylic acids is 2. The van der Waals surface area contributed by atoms with Crippen molar-refractivity contribution in [3.05, 3.63) is 65.5 Å². The average Bonchev–Trinajstić information content (AvgIpc) is 2.65. The highest BCUT2D eigenvalue weighted by Gasteiger charge is 2.07. The molecule has 0 radical (unpaired) electrons. The van der Waals surface area contributed by atoms with Crippen LogP contribution in [0, 0.1) is 5.82 Å². The van der Waals surface area contributed by atoms with Crippen molar-refractivity contribution in [2.75, 3.05) is 7.11 Å². The largest absolute Gasteiger partial charge is 0.497 e. The van der Waals surface area contributed by atoms with Gasteiger partial charge in [0.2, 0.25) is 5.91 Å². The maximum atomic E-state index is 12.8. The van der Waals surface area contributed by atoms with Crippen LogP contribution in [0.15, 0.2) is 53.6 Å². The lowest BCUT2D eigenvalue weighted by Crippen LogP contribution is -2.26. The van der Waals surface area contributed by atoms with E-state index < -0.39 is 0 Å². The van der Waals surface area contributed by atoms with E-state index in [-0.39, 0.29) is 24.1 Å². The summed E-state index contributed by atoms with van der Waals surface area (Å²) in [6.07, 6.45) is 0.0457. The van der Waals surface area contributed by atoms with Gasteiger partial charge in [0, 0.05) is 17.8 Å². The van der Waals surface area contributed by atoms with E-state index in [1.165, 1.54) is 12.1 Å². The molecule has 0 fully saturated rings. The zero-order valence-corrected chi connectivity index (χ0v) is 14.6. The third kappa shape index (κ3) is 6.01. The molecule has 2 aromatic rings. The van der Waals surface area contributed by atoms with E-state index in [0.29, 0.717) is 23.6 Å². The van der Waals surface area contributed by atoms with Gasteiger partial charge in [-0.1, -0.05) is 12.1 Å². The second kappa shape index (κ2) is 9.31. The Morgan fingerprint density at radius 2 is 1.73 bits per heavy atom. The molecule has 0 aliphatic carbocycles. The molecule has 0 saturated carbocycles. The summed E-state index contributed by atoms with van der Waals surface area (Å²) in [4.78, 5) is 23.9. The summed E-state index contributed by atoms with van der Waals surface area (Å²) in [6.45, 7) is 1.94. The first-order valence-corrected chi connectivity index (χ1v) is 7.96. The first-order valence-electron chi connectivity index (χ1n) is 7.96. The Hall–Kier alpha value is -3.22. The molecule has 0 saturated heterocycles. The molecule has 2 aromatic carbocycles. The average molecular weight is 357 g/mol. The Labute approximate surface area is 151 Å². The zero-order chi connectivity index (χ0) is 18.9. The van der Waals surface area contributed by atoms with Crippen molar-refractivity contribution >= 4 is 17.5 Å². The Morgan fingerprint density at radius 3 is 2.35 bits per heavy atom. The summed E-state index contributed by atoms with van der Waals surface area (Å²) >= 11 is 0. The number of nitrogens with one attached hydrogen (secondary N) is 2. The molecule has 6 nitrogen and oxygen atoms in total. The summed E-state index contributed by atoms with van der Waals surface area (Å²) in [5.41, 5.74) is 4.10. The molecule has 0 aliphatic rings. The molecule has 0 heterocycles. The lowest BCUT2D eigenvalue weighted by molar-refractivity contribution is -0.120. The molecule has 0 unspecified atom stereocenters. The van der Waals surface area contributed by atoms with Gasteiger partial charge in [0.1, 0.15) is 11.6 Å². The molecular weight excluding hydrogens is 337 g/mol. The van der Waals surface area contributed by atoms with E-state index >= 15 is 0 Å². The van der Waals surface area contributed by atoms with Gasteiger partial charge in [-0.05, 0) is 48.9 Å². The van der Waals surface area contributed by atoms with E-state index in [4.69, 9.17) is 4.74 Å². The van der Waals surface area contributed by atoms with E-state index in [9.17, 15) is 14.0 Å². The number of rotatable bonds is 7. The highest BCUT2D eigenvalue weighted by molar-refractivity contribution is 6.01. The molecule has 2 rings (SSSR count). The van der Waals surface area contributed by atoms with Crippen LogP contribution in [-0.4, -0.2) is 24.6 Å². The van der Waals surface area contributed by atoms with Crippen LogP contribution in [-0.2, 0) is 11.3 Å². The second-order valence-electron chi connectivity index (χ2n) is 5.60. The Bertz CT molecular complexity index is 787. The van der Waals surface area contributed by atoms with Gasteiger partial charge in [-0.15, -0.1) is 0 Å². The first kappa shape index (κ1) is 19.1. The van der Waals surface area contributed by atoms with Gasteiger partial charge in [-0.2, -0.15) is 5.10 Å². The van der Waals surface area contributed by atoms with Crippen molar-refractivity contribution in [3.63, 3.8) is 0 Å². The van der Waals surface area contributed by atoms with Gasteiger partial charge in [-0.3, -0.25) is 9.59 Å².